The molecule has 3 aliphatic rings. The minimum atomic E-state index is -0.0719. The Labute approximate surface area is 188 Å². The van der Waals surface area contributed by atoms with E-state index < -0.39 is 0 Å². The number of fused-ring (bicyclic) bond motifs is 4. The number of ketones is 1. The molecule has 1 fully saturated rings. The third-order valence-corrected chi connectivity index (χ3v) is 6.31. The fourth-order valence-electron chi connectivity index (χ4n) is 4.62. The quantitative estimate of drug-likeness (QED) is 0.728. The van der Waals surface area contributed by atoms with E-state index in [0.29, 0.717) is 32.7 Å². The molecule has 32 heavy (non-hydrogen) atoms. The maximum atomic E-state index is 12.8. The van der Waals surface area contributed by atoms with Crippen molar-refractivity contribution in [3.05, 3.63) is 69.6 Å². The largest absolute Gasteiger partial charge is 0.492 e. The average Bonchev–Trinajstić information content (AvgIpc) is 2.94. The predicted molar refractivity (Wildman–Crippen MR) is 124 cm³/mol. The summed E-state index contributed by atoms with van der Waals surface area (Å²) < 4.78 is 18.1. The Morgan fingerprint density at radius 1 is 1.12 bits per heavy atom. The smallest absolute Gasteiger partial charge is 0.160 e. The number of benzene rings is 2. The highest BCUT2D eigenvalue weighted by atomic mass is 16.5. The van der Waals surface area contributed by atoms with Gasteiger partial charge in [0.2, 0.25) is 0 Å². The molecule has 0 N–H and O–H groups in total. The lowest BCUT2D eigenvalue weighted by atomic mass is 9.91. The monoisotopic (exact) mass is 431 g/mol. The number of hydrogen-bond acceptors (Lipinski definition) is 5. The molecule has 2 aromatic carbocycles. The van der Waals surface area contributed by atoms with Crippen LogP contribution in [0.15, 0.2) is 48.0 Å². The number of rotatable bonds is 5. The summed E-state index contributed by atoms with van der Waals surface area (Å²) in [6.45, 7) is 2.69. The number of allylic oxidation sites excluding steroid dienone is 1. The van der Waals surface area contributed by atoms with Crippen molar-refractivity contribution in [1.82, 2.24) is 4.90 Å². The van der Waals surface area contributed by atoms with Gasteiger partial charge in [0.25, 0.3) is 0 Å². The molecule has 2 aromatic rings. The van der Waals surface area contributed by atoms with Gasteiger partial charge in [0, 0.05) is 36.6 Å². The summed E-state index contributed by atoms with van der Waals surface area (Å²) in [7, 11) is 4.06. The Kier molecular flexibility index (Phi) is 5.85. The number of hydrogen-bond donors (Lipinski definition) is 0. The Balaban J connectivity index is 1.40. The second-order valence-electron chi connectivity index (χ2n) is 8.87. The SMILES string of the molecule is CN(C)CCOc1ccc([C@H]2CC3=CC(=O)Cc4c5c(ccc4=C3CO2)=CCCO5)cc1. The summed E-state index contributed by atoms with van der Waals surface area (Å²) in [4.78, 5) is 14.9. The van der Waals surface area contributed by atoms with Gasteiger partial charge in [-0.1, -0.05) is 30.3 Å². The summed E-state index contributed by atoms with van der Waals surface area (Å²) >= 11 is 0. The fraction of sp³-hybridized carbons (Fsp3) is 0.370. The van der Waals surface area contributed by atoms with E-state index in [4.69, 9.17) is 14.2 Å². The molecule has 0 unspecified atom stereocenters. The molecule has 0 bridgehead atoms. The molecule has 5 rings (SSSR count). The van der Waals surface area contributed by atoms with Crippen molar-refractivity contribution in [2.45, 2.75) is 25.4 Å². The molecule has 166 valence electrons. The third kappa shape index (κ3) is 4.23. The van der Waals surface area contributed by atoms with Crippen LogP contribution in [0.25, 0.3) is 11.6 Å². The van der Waals surface area contributed by atoms with Gasteiger partial charge in [-0.3, -0.25) is 4.79 Å². The van der Waals surface area contributed by atoms with Gasteiger partial charge in [-0.25, -0.2) is 0 Å². The zero-order chi connectivity index (χ0) is 22.1. The van der Waals surface area contributed by atoms with Crippen LogP contribution in [0.1, 0.15) is 30.1 Å². The minimum Gasteiger partial charge on any atom is -0.492 e. The molecular formula is C27H29NO4. The number of ether oxygens (including phenoxy) is 3. The molecule has 5 nitrogen and oxygen atoms in total. The first-order valence-electron chi connectivity index (χ1n) is 11.3. The first-order valence-corrected chi connectivity index (χ1v) is 11.3. The van der Waals surface area contributed by atoms with Crippen LogP contribution in [-0.4, -0.2) is 51.1 Å². The van der Waals surface area contributed by atoms with Gasteiger partial charge in [0.05, 0.1) is 19.3 Å². The van der Waals surface area contributed by atoms with Gasteiger partial charge in [-0.2, -0.15) is 0 Å². The van der Waals surface area contributed by atoms with Crippen molar-refractivity contribution in [3.8, 4) is 11.5 Å². The summed E-state index contributed by atoms with van der Waals surface area (Å²) in [6, 6.07) is 12.4. The maximum absolute atomic E-state index is 12.8. The van der Waals surface area contributed by atoms with Gasteiger partial charge in [0.15, 0.2) is 5.78 Å². The lowest BCUT2D eigenvalue weighted by Crippen LogP contribution is -2.27. The lowest BCUT2D eigenvalue weighted by molar-refractivity contribution is -0.114. The predicted octanol–water partition coefficient (Wildman–Crippen LogP) is 2.55. The molecule has 0 spiro atoms. The highest BCUT2D eigenvalue weighted by Crippen LogP contribution is 2.36. The van der Waals surface area contributed by atoms with E-state index in [1.165, 1.54) is 0 Å². The zero-order valence-electron chi connectivity index (χ0n) is 18.7. The Morgan fingerprint density at radius 2 is 1.97 bits per heavy atom. The molecule has 0 amide bonds. The van der Waals surface area contributed by atoms with E-state index in [1.54, 1.807) is 0 Å². The molecule has 1 aliphatic carbocycles. The minimum absolute atomic E-state index is 0.0719. The van der Waals surface area contributed by atoms with Crippen LogP contribution in [0.2, 0.25) is 0 Å². The summed E-state index contributed by atoms with van der Waals surface area (Å²) in [5.74, 6) is 1.86. The van der Waals surface area contributed by atoms with E-state index in [-0.39, 0.29) is 11.9 Å². The van der Waals surface area contributed by atoms with Crippen LogP contribution in [0.5, 0.6) is 11.5 Å². The standard InChI is InChI=1S/C27H29NO4/c1-28(2)11-13-30-22-8-5-18(6-9-22)26-15-20-14-21(29)16-24-23(25(20)17-32-26)10-7-19-4-3-12-31-27(19)24/h4-10,14,26H,3,11-13,15-17H2,1-2H3/t26-/m1/s1. The molecular weight excluding hydrogens is 402 g/mol. The Morgan fingerprint density at radius 3 is 2.78 bits per heavy atom. The second-order valence-corrected chi connectivity index (χ2v) is 8.87. The van der Waals surface area contributed by atoms with Gasteiger partial charge < -0.3 is 19.1 Å². The van der Waals surface area contributed by atoms with Crippen molar-refractivity contribution in [2.24, 2.45) is 0 Å². The third-order valence-electron chi connectivity index (χ3n) is 6.31. The van der Waals surface area contributed by atoms with Crippen LogP contribution >= 0.6 is 0 Å². The molecule has 5 heteroatoms. The highest BCUT2D eigenvalue weighted by molar-refractivity contribution is 5.96. The molecule has 1 atom stereocenters. The van der Waals surface area contributed by atoms with E-state index >= 15 is 0 Å². The number of likely N-dealkylation sites (N-methyl/N-ethyl adjacent to an activating group) is 1. The first-order chi connectivity index (χ1) is 15.6. The average molecular weight is 432 g/mol. The number of carbonyl (C=O) groups excluding carboxylic acids is 1. The topological polar surface area (TPSA) is 48.0 Å². The van der Waals surface area contributed by atoms with Gasteiger partial charge in [-0.05, 0) is 54.2 Å². The number of nitrogens with zero attached hydrogens (tertiary/aromatic N) is 1. The summed E-state index contributed by atoms with van der Waals surface area (Å²) in [5, 5.41) is 2.19. The summed E-state index contributed by atoms with van der Waals surface area (Å²) in [5.41, 5.74) is 4.30. The molecule has 0 aromatic heterocycles. The lowest BCUT2D eigenvalue weighted by Gasteiger charge is -2.28. The van der Waals surface area contributed by atoms with E-state index in [1.807, 2.05) is 32.3 Å². The highest BCUT2D eigenvalue weighted by Gasteiger charge is 2.28. The van der Waals surface area contributed by atoms with E-state index in [2.05, 4.69) is 35.2 Å². The summed E-state index contributed by atoms with van der Waals surface area (Å²) in [6.07, 6.45) is 5.91. The normalized spacial score (nSPS) is 19.7. The van der Waals surface area contributed by atoms with E-state index in [9.17, 15) is 4.79 Å². The van der Waals surface area contributed by atoms with Crippen LogP contribution in [0.3, 0.4) is 0 Å². The van der Waals surface area contributed by atoms with Crippen LogP contribution in [-0.2, 0) is 16.0 Å². The molecule has 2 heterocycles. The first kappa shape index (κ1) is 21.0. The van der Waals surface area contributed by atoms with Crippen molar-refractivity contribution < 1.29 is 19.0 Å². The molecule has 2 aliphatic heterocycles. The van der Waals surface area contributed by atoms with Gasteiger partial charge >= 0.3 is 0 Å². The van der Waals surface area contributed by atoms with Crippen molar-refractivity contribution in [1.29, 1.82) is 0 Å². The van der Waals surface area contributed by atoms with Gasteiger partial charge in [-0.15, -0.1) is 0 Å². The van der Waals surface area contributed by atoms with Crippen LogP contribution < -0.4 is 19.9 Å². The van der Waals surface area contributed by atoms with Crippen molar-refractivity contribution in [3.63, 3.8) is 0 Å². The zero-order valence-corrected chi connectivity index (χ0v) is 18.7. The second kappa shape index (κ2) is 8.93. The molecule has 1 saturated heterocycles. The van der Waals surface area contributed by atoms with Crippen molar-refractivity contribution in [2.75, 3.05) is 40.5 Å². The fourth-order valence-corrected chi connectivity index (χ4v) is 4.62. The van der Waals surface area contributed by atoms with Crippen LogP contribution in [0, 0.1) is 0 Å². The van der Waals surface area contributed by atoms with Crippen molar-refractivity contribution >= 4 is 17.4 Å². The maximum Gasteiger partial charge on any atom is 0.160 e. The Hall–Kier alpha value is -2.89. The Bertz CT molecular complexity index is 1180. The molecule has 0 saturated carbocycles. The number of carbonyl (C=O) groups is 1. The van der Waals surface area contributed by atoms with Crippen LogP contribution in [0.4, 0.5) is 0 Å². The van der Waals surface area contributed by atoms with E-state index in [0.717, 1.165) is 57.2 Å². The van der Waals surface area contributed by atoms with Gasteiger partial charge in [0.1, 0.15) is 18.1 Å². The molecule has 0 radical (unpaired) electrons.